The summed E-state index contributed by atoms with van der Waals surface area (Å²) in [6, 6.07) is 38.2. The molecule has 1 aromatic heterocycles. The van der Waals surface area contributed by atoms with Crippen LogP contribution >= 0.6 is 0 Å². The predicted octanol–water partition coefficient (Wildman–Crippen LogP) is 7.31. The third kappa shape index (κ3) is 4.16. The molecule has 0 amide bonds. The molecule has 38 heavy (non-hydrogen) atoms. The Morgan fingerprint density at radius 3 is 1.95 bits per heavy atom. The Balaban J connectivity index is 1.57. The van der Waals surface area contributed by atoms with Crippen LogP contribution in [0.4, 0.5) is 0 Å². The number of carbonyl (C=O) groups is 2. The van der Waals surface area contributed by atoms with Gasteiger partial charge in [0.1, 0.15) is 5.75 Å². The van der Waals surface area contributed by atoms with Gasteiger partial charge in [-0.15, -0.1) is 0 Å². The van der Waals surface area contributed by atoms with Gasteiger partial charge < -0.3 is 9.30 Å². The lowest BCUT2D eigenvalue weighted by molar-refractivity contribution is 0.103. The second kappa shape index (κ2) is 9.83. The smallest absolute Gasteiger partial charge is 0.195 e. The number of nitrogens with zero attached hydrogens (tertiary/aromatic N) is 1. The van der Waals surface area contributed by atoms with E-state index in [1.54, 1.807) is 7.11 Å². The van der Waals surface area contributed by atoms with Gasteiger partial charge in [0.05, 0.1) is 12.6 Å². The first-order valence-corrected chi connectivity index (χ1v) is 12.5. The molecule has 0 saturated carbocycles. The van der Waals surface area contributed by atoms with Crippen LogP contribution in [-0.4, -0.2) is 23.2 Å². The molecule has 5 aromatic carbocycles. The van der Waals surface area contributed by atoms with Crippen LogP contribution in [-0.2, 0) is 6.54 Å². The highest BCUT2D eigenvalue weighted by atomic mass is 16.5. The molecule has 0 unspecified atom stereocenters. The number of hydrogen-bond acceptors (Lipinski definition) is 3. The predicted molar refractivity (Wildman–Crippen MR) is 151 cm³/mol. The number of carbonyl (C=O) groups excluding carboxylic acids is 2. The highest BCUT2D eigenvalue weighted by Crippen LogP contribution is 2.34. The summed E-state index contributed by atoms with van der Waals surface area (Å²) in [4.78, 5) is 27.0. The third-order valence-electron chi connectivity index (χ3n) is 6.96. The quantitative estimate of drug-likeness (QED) is 0.218. The van der Waals surface area contributed by atoms with Gasteiger partial charge in [0.15, 0.2) is 11.6 Å². The van der Waals surface area contributed by atoms with Crippen molar-refractivity contribution >= 4 is 33.4 Å². The summed E-state index contributed by atoms with van der Waals surface area (Å²) in [5.74, 6) is 0.732. The molecule has 0 spiro atoms. The Bertz CT molecular complexity index is 1780. The fraction of sp³-hybridized carbons (Fsp3) is 0.0588. The number of benzene rings is 5. The molecule has 6 aromatic rings. The fourth-order valence-electron chi connectivity index (χ4n) is 5.06. The van der Waals surface area contributed by atoms with Crippen LogP contribution in [0, 0.1) is 0 Å². The molecular formula is C34H25NO3. The summed E-state index contributed by atoms with van der Waals surface area (Å²) in [6.45, 7) is 0.565. The maximum atomic E-state index is 13.7. The van der Waals surface area contributed by atoms with Crippen molar-refractivity contribution in [3.63, 3.8) is 0 Å². The van der Waals surface area contributed by atoms with Gasteiger partial charge in [0.2, 0.25) is 0 Å². The molecule has 0 bridgehead atoms. The first-order valence-electron chi connectivity index (χ1n) is 12.5. The minimum Gasteiger partial charge on any atom is -0.497 e. The average Bonchev–Trinajstić information content (AvgIpc) is 3.30. The van der Waals surface area contributed by atoms with Crippen molar-refractivity contribution in [3.05, 3.63) is 149 Å². The summed E-state index contributed by atoms with van der Waals surface area (Å²) in [5.41, 5.74) is 5.44. The number of ether oxygens (including phenoxy) is 1. The van der Waals surface area contributed by atoms with Gasteiger partial charge in [-0.2, -0.15) is 0 Å². The Morgan fingerprint density at radius 1 is 0.632 bits per heavy atom. The zero-order valence-electron chi connectivity index (χ0n) is 20.9. The van der Waals surface area contributed by atoms with Gasteiger partial charge in [-0.1, -0.05) is 84.9 Å². The molecule has 1 heterocycles. The molecule has 4 heteroatoms. The van der Waals surface area contributed by atoms with E-state index < -0.39 is 0 Å². The van der Waals surface area contributed by atoms with Crippen LogP contribution in [0.25, 0.3) is 21.8 Å². The SMILES string of the molecule is COc1ccc(Cn2c3ccc(C(=O)c4ccccc4)cc3c3cccc(C(=O)c4ccccc4)c32)cc1. The first-order chi connectivity index (χ1) is 18.6. The van der Waals surface area contributed by atoms with Crippen LogP contribution < -0.4 is 4.74 Å². The standard InChI is InChI=1S/C34H25NO3/c1-38-27-18-15-23(16-19-27)22-35-31-20-17-26(33(36)24-9-4-2-5-10-24)21-30(31)28-13-8-14-29(32(28)35)34(37)25-11-6-3-7-12-25/h2-21H,22H2,1H3. The van der Waals surface area contributed by atoms with Gasteiger partial charge in [-0.3, -0.25) is 9.59 Å². The van der Waals surface area contributed by atoms with Crippen molar-refractivity contribution in [2.45, 2.75) is 6.54 Å². The number of ketones is 2. The van der Waals surface area contributed by atoms with E-state index in [2.05, 4.69) is 4.57 Å². The summed E-state index contributed by atoms with van der Waals surface area (Å²) in [5, 5.41) is 1.89. The Morgan fingerprint density at radius 2 is 1.29 bits per heavy atom. The number of para-hydroxylation sites is 1. The normalized spacial score (nSPS) is 11.1. The zero-order valence-corrected chi connectivity index (χ0v) is 20.9. The van der Waals surface area contributed by atoms with Gasteiger partial charge in [0.25, 0.3) is 0 Å². The minimum atomic E-state index is -0.0319. The van der Waals surface area contributed by atoms with Crippen molar-refractivity contribution in [2.75, 3.05) is 7.11 Å². The molecule has 0 saturated heterocycles. The van der Waals surface area contributed by atoms with E-state index in [0.717, 1.165) is 33.1 Å². The first kappa shape index (κ1) is 23.4. The van der Waals surface area contributed by atoms with Crippen LogP contribution in [0.5, 0.6) is 5.75 Å². The molecule has 0 radical (unpaired) electrons. The number of methoxy groups -OCH3 is 1. The molecule has 0 aliphatic heterocycles. The number of rotatable bonds is 7. The van der Waals surface area contributed by atoms with Crippen molar-refractivity contribution in [1.29, 1.82) is 0 Å². The minimum absolute atomic E-state index is 0.0277. The van der Waals surface area contributed by atoms with Crippen molar-refractivity contribution in [3.8, 4) is 5.75 Å². The highest BCUT2D eigenvalue weighted by molar-refractivity contribution is 6.21. The molecule has 0 aliphatic rings. The maximum absolute atomic E-state index is 13.7. The van der Waals surface area contributed by atoms with Crippen molar-refractivity contribution < 1.29 is 14.3 Å². The Kier molecular flexibility index (Phi) is 6.06. The van der Waals surface area contributed by atoms with Gasteiger partial charge >= 0.3 is 0 Å². The van der Waals surface area contributed by atoms with Crippen molar-refractivity contribution in [1.82, 2.24) is 4.57 Å². The summed E-state index contributed by atoms with van der Waals surface area (Å²) < 4.78 is 7.51. The van der Waals surface area contributed by atoms with Gasteiger partial charge in [-0.05, 0) is 42.0 Å². The van der Waals surface area contributed by atoms with E-state index in [-0.39, 0.29) is 11.6 Å². The molecule has 0 atom stereocenters. The summed E-state index contributed by atoms with van der Waals surface area (Å²) in [6.07, 6.45) is 0. The number of aromatic nitrogens is 1. The molecule has 0 fully saturated rings. The highest BCUT2D eigenvalue weighted by Gasteiger charge is 2.20. The Hall–Kier alpha value is -4.96. The zero-order chi connectivity index (χ0) is 26.1. The summed E-state index contributed by atoms with van der Waals surface area (Å²) in [7, 11) is 1.65. The summed E-state index contributed by atoms with van der Waals surface area (Å²) >= 11 is 0. The van der Waals surface area contributed by atoms with E-state index in [9.17, 15) is 9.59 Å². The largest absolute Gasteiger partial charge is 0.497 e. The van der Waals surface area contributed by atoms with Crippen LogP contribution in [0.15, 0.2) is 121 Å². The second-order valence-corrected chi connectivity index (χ2v) is 9.26. The lowest BCUT2D eigenvalue weighted by Gasteiger charge is -2.12. The molecule has 4 nitrogen and oxygen atoms in total. The lowest BCUT2D eigenvalue weighted by atomic mass is 9.99. The molecule has 0 N–H and O–H groups in total. The van der Waals surface area contributed by atoms with Crippen LogP contribution in [0.2, 0.25) is 0 Å². The second-order valence-electron chi connectivity index (χ2n) is 9.26. The number of hydrogen-bond donors (Lipinski definition) is 0. The van der Waals surface area contributed by atoms with Crippen LogP contribution in [0.3, 0.4) is 0 Å². The van der Waals surface area contributed by atoms with E-state index in [4.69, 9.17) is 4.74 Å². The molecular weight excluding hydrogens is 470 g/mol. The molecule has 0 aliphatic carbocycles. The fourth-order valence-corrected chi connectivity index (χ4v) is 5.06. The number of fused-ring (bicyclic) bond motifs is 3. The van der Waals surface area contributed by atoms with E-state index in [1.807, 2.05) is 121 Å². The Labute approximate surface area is 220 Å². The van der Waals surface area contributed by atoms with E-state index in [1.165, 1.54) is 0 Å². The molecule has 184 valence electrons. The van der Waals surface area contributed by atoms with Crippen molar-refractivity contribution in [2.24, 2.45) is 0 Å². The van der Waals surface area contributed by atoms with Gasteiger partial charge in [0, 0.05) is 45.1 Å². The monoisotopic (exact) mass is 495 g/mol. The van der Waals surface area contributed by atoms with E-state index >= 15 is 0 Å². The van der Waals surface area contributed by atoms with Gasteiger partial charge in [-0.25, -0.2) is 0 Å². The van der Waals surface area contributed by atoms with Crippen LogP contribution in [0.1, 0.15) is 37.4 Å². The average molecular weight is 496 g/mol. The molecule has 6 rings (SSSR count). The third-order valence-corrected chi connectivity index (χ3v) is 6.96. The van der Waals surface area contributed by atoms with E-state index in [0.29, 0.717) is 28.8 Å². The maximum Gasteiger partial charge on any atom is 0.195 e. The topological polar surface area (TPSA) is 48.3 Å². The lowest BCUT2D eigenvalue weighted by Crippen LogP contribution is -2.07.